The van der Waals surface area contributed by atoms with E-state index in [4.69, 9.17) is 4.74 Å². The lowest BCUT2D eigenvalue weighted by molar-refractivity contribution is -0.185. The van der Waals surface area contributed by atoms with E-state index in [1.807, 2.05) is 0 Å². The Morgan fingerprint density at radius 2 is 1.32 bits per heavy atom. The standard InChI is InChI=1S/C22H20O12/c23-13-5-1-11(9-15(13)25)3-7-17(27)33-19(21(29)30)20(22(31)32)34-18(28)8-4-12-2-6-14(24)16(26)10-12/h1-3,5-7,9-10,19-20,23-26H,4,8H2,(H,29,30)(H,31,32)/b7-3+/t19-,20-/m1/s1. The van der Waals surface area contributed by atoms with Crippen molar-refractivity contribution in [2.75, 3.05) is 0 Å². The van der Waals surface area contributed by atoms with Crippen molar-refractivity contribution in [1.29, 1.82) is 0 Å². The van der Waals surface area contributed by atoms with Gasteiger partial charge in [-0.2, -0.15) is 0 Å². The minimum Gasteiger partial charge on any atom is -0.504 e. The molecule has 0 aromatic heterocycles. The molecule has 12 nitrogen and oxygen atoms in total. The summed E-state index contributed by atoms with van der Waals surface area (Å²) in [6.45, 7) is 0. The topological polar surface area (TPSA) is 208 Å². The van der Waals surface area contributed by atoms with Gasteiger partial charge in [0, 0.05) is 12.5 Å². The number of aliphatic carboxylic acids is 2. The summed E-state index contributed by atoms with van der Waals surface area (Å²) in [6.07, 6.45) is -3.30. The van der Waals surface area contributed by atoms with Gasteiger partial charge in [-0.1, -0.05) is 12.1 Å². The van der Waals surface area contributed by atoms with E-state index in [0.29, 0.717) is 5.56 Å². The molecule has 34 heavy (non-hydrogen) atoms. The molecular formula is C22H20O12. The summed E-state index contributed by atoms with van der Waals surface area (Å²) >= 11 is 0. The molecule has 0 aliphatic carbocycles. The molecule has 0 saturated heterocycles. The van der Waals surface area contributed by atoms with E-state index in [0.717, 1.165) is 24.3 Å². The number of aromatic hydroxyl groups is 4. The first-order valence-electron chi connectivity index (χ1n) is 9.54. The van der Waals surface area contributed by atoms with Gasteiger partial charge >= 0.3 is 23.9 Å². The van der Waals surface area contributed by atoms with Gasteiger partial charge in [-0.15, -0.1) is 0 Å². The molecule has 12 heteroatoms. The lowest BCUT2D eigenvalue weighted by atomic mass is 10.1. The third-order valence-electron chi connectivity index (χ3n) is 4.33. The smallest absolute Gasteiger partial charge is 0.349 e. The Labute approximate surface area is 191 Å². The zero-order valence-electron chi connectivity index (χ0n) is 17.3. The Bertz CT molecular complexity index is 1120. The zero-order valence-corrected chi connectivity index (χ0v) is 17.3. The fourth-order valence-electron chi connectivity index (χ4n) is 2.63. The molecule has 0 aliphatic heterocycles. The second-order valence-electron chi connectivity index (χ2n) is 6.85. The van der Waals surface area contributed by atoms with Gasteiger partial charge in [0.15, 0.2) is 23.0 Å². The Morgan fingerprint density at radius 1 is 0.765 bits per heavy atom. The van der Waals surface area contributed by atoms with Crippen LogP contribution < -0.4 is 0 Å². The van der Waals surface area contributed by atoms with Gasteiger partial charge in [0.1, 0.15) is 0 Å². The van der Waals surface area contributed by atoms with Gasteiger partial charge < -0.3 is 40.1 Å². The van der Waals surface area contributed by atoms with Crippen molar-refractivity contribution in [2.24, 2.45) is 0 Å². The molecule has 0 unspecified atom stereocenters. The lowest BCUT2D eigenvalue weighted by Crippen LogP contribution is -2.45. The average Bonchev–Trinajstić information content (AvgIpc) is 2.77. The molecule has 0 fully saturated rings. The van der Waals surface area contributed by atoms with Crippen molar-refractivity contribution in [3.05, 3.63) is 53.6 Å². The van der Waals surface area contributed by atoms with Gasteiger partial charge in [0.2, 0.25) is 12.2 Å². The molecule has 2 rings (SSSR count). The van der Waals surface area contributed by atoms with E-state index < -0.39 is 59.8 Å². The van der Waals surface area contributed by atoms with E-state index in [1.54, 1.807) is 0 Å². The van der Waals surface area contributed by atoms with Crippen molar-refractivity contribution in [3.8, 4) is 23.0 Å². The molecule has 0 saturated carbocycles. The van der Waals surface area contributed by atoms with Crippen LogP contribution in [-0.2, 0) is 35.1 Å². The first kappa shape index (κ1) is 25.5. The van der Waals surface area contributed by atoms with Gasteiger partial charge in [-0.25, -0.2) is 14.4 Å². The first-order valence-corrected chi connectivity index (χ1v) is 9.54. The minimum absolute atomic E-state index is 0.0290. The third-order valence-corrected chi connectivity index (χ3v) is 4.33. The highest BCUT2D eigenvalue weighted by atomic mass is 16.6. The van der Waals surface area contributed by atoms with Crippen LogP contribution in [0.2, 0.25) is 0 Å². The maximum absolute atomic E-state index is 12.1. The first-order chi connectivity index (χ1) is 16.0. The van der Waals surface area contributed by atoms with Crippen LogP contribution in [-0.4, -0.2) is 66.7 Å². The number of hydrogen-bond acceptors (Lipinski definition) is 10. The third kappa shape index (κ3) is 7.15. The van der Waals surface area contributed by atoms with E-state index in [1.165, 1.54) is 24.3 Å². The number of carboxylic acid groups (broad SMARTS) is 2. The summed E-state index contributed by atoms with van der Waals surface area (Å²) in [5, 5.41) is 56.0. The molecule has 0 spiro atoms. The molecular weight excluding hydrogens is 456 g/mol. The number of rotatable bonds is 10. The number of ether oxygens (including phenoxy) is 2. The maximum atomic E-state index is 12.1. The summed E-state index contributed by atoms with van der Waals surface area (Å²) in [7, 11) is 0. The SMILES string of the molecule is O=C(/C=C/c1ccc(O)c(O)c1)O[C@@H](C(=O)O)[C@@H](OC(=O)CCc1ccc(O)c(O)c1)C(=O)O. The highest BCUT2D eigenvalue weighted by Gasteiger charge is 2.40. The van der Waals surface area contributed by atoms with Crippen LogP contribution in [0, 0.1) is 0 Å². The number of carbonyl (C=O) groups is 4. The largest absolute Gasteiger partial charge is 0.504 e. The number of carboxylic acids is 2. The number of phenols is 4. The van der Waals surface area contributed by atoms with Crippen LogP contribution >= 0.6 is 0 Å². The van der Waals surface area contributed by atoms with Crippen LogP contribution in [0.25, 0.3) is 6.08 Å². The number of carbonyl (C=O) groups excluding carboxylic acids is 2. The molecule has 0 heterocycles. The molecule has 180 valence electrons. The van der Waals surface area contributed by atoms with E-state index in [-0.39, 0.29) is 17.7 Å². The highest BCUT2D eigenvalue weighted by Crippen LogP contribution is 2.26. The minimum atomic E-state index is -2.37. The molecule has 0 radical (unpaired) electrons. The monoisotopic (exact) mass is 476 g/mol. The normalized spacial score (nSPS) is 12.6. The average molecular weight is 476 g/mol. The van der Waals surface area contributed by atoms with Crippen LogP contribution in [0.5, 0.6) is 23.0 Å². The number of esters is 2. The predicted molar refractivity (Wildman–Crippen MR) is 112 cm³/mol. The van der Waals surface area contributed by atoms with Gasteiger partial charge in [-0.3, -0.25) is 4.79 Å². The van der Waals surface area contributed by atoms with Crippen LogP contribution in [0.1, 0.15) is 17.5 Å². The summed E-state index contributed by atoms with van der Waals surface area (Å²) in [5.74, 6) is -7.82. The van der Waals surface area contributed by atoms with E-state index >= 15 is 0 Å². The molecule has 0 amide bonds. The number of phenolic OH excluding ortho intramolecular Hbond substituents is 4. The predicted octanol–water partition coefficient (Wildman–Crippen LogP) is 1.15. The zero-order chi connectivity index (χ0) is 25.4. The van der Waals surface area contributed by atoms with Gasteiger partial charge in [0.05, 0.1) is 0 Å². The Morgan fingerprint density at radius 3 is 1.88 bits per heavy atom. The summed E-state index contributed by atoms with van der Waals surface area (Å²) in [4.78, 5) is 47.1. The quantitative estimate of drug-likeness (QED) is 0.162. The Kier molecular flexibility index (Phi) is 8.42. The van der Waals surface area contributed by atoms with Crippen LogP contribution in [0.15, 0.2) is 42.5 Å². The van der Waals surface area contributed by atoms with Crippen molar-refractivity contribution < 1.29 is 59.3 Å². The van der Waals surface area contributed by atoms with Gasteiger partial charge in [0.25, 0.3) is 0 Å². The van der Waals surface area contributed by atoms with Crippen LogP contribution in [0.4, 0.5) is 0 Å². The molecule has 0 bridgehead atoms. The molecule has 0 aliphatic rings. The van der Waals surface area contributed by atoms with Gasteiger partial charge in [-0.05, 0) is 47.9 Å². The summed E-state index contributed by atoms with van der Waals surface area (Å²) in [6, 6.07) is 7.33. The van der Waals surface area contributed by atoms with Crippen molar-refractivity contribution >= 4 is 30.0 Å². The molecule has 2 aromatic rings. The summed E-state index contributed by atoms with van der Waals surface area (Å²) < 4.78 is 9.36. The van der Waals surface area contributed by atoms with E-state index in [9.17, 15) is 49.8 Å². The molecule has 2 atom stereocenters. The fourth-order valence-corrected chi connectivity index (χ4v) is 2.63. The second-order valence-corrected chi connectivity index (χ2v) is 6.85. The number of hydrogen-bond donors (Lipinski definition) is 6. The Hall–Kier alpha value is -4.74. The lowest BCUT2D eigenvalue weighted by Gasteiger charge is -2.20. The fraction of sp³-hybridized carbons (Fsp3) is 0.182. The van der Waals surface area contributed by atoms with Crippen molar-refractivity contribution in [2.45, 2.75) is 25.0 Å². The Balaban J connectivity index is 2.04. The van der Waals surface area contributed by atoms with Crippen LogP contribution in [0.3, 0.4) is 0 Å². The molecule has 2 aromatic carbocycles. The van der Waals surface area contributed by atoms with Crippen molar-refractivity contribution in [3.63, 3.8) is 0 Å². The number of benzene rings is 2. The highest BCUT2D eigenvalue weighted by molar-refractivity contribution is 5.92. The van der Waals surface area contributed by atoms with Crippen molar-refractivity contribution in [1.82, 2.24) is 0 Å². The molecule has 6 N–H and O–H groups in total. The summed E-state index contributed by atoms with van der Waals surface area (Å²) in [5.41, 5.74) is 0.645. The second kappa shape index (κ2) is 11.2. The van der Waals surface area contributed by atoms with E-state index in [2.05, 4.69) is 4.74 Å². The maximum Gasteiger partial charge on any atom is 0.349 e. The number of aryl methyl sites for hydroxylation is 1.